The Morgan fingerprint density at radius 3 is 1.64 bits per heavy atom. The molecule has 0 aliphatic rings. The minimum atomic E-state index is -3.77. The largest absolute Gasteiger partial charge is 0.463 e. The summed E-state index contributed by atoms with van der Waals surface area (Å²) in [4.78, 5) is 68.3. The Morgan fingerprint density at radius 2 is 1.18 bits per heavy atom. The van der Waals surface area contributed by atoms with Crippen molar-refractivity contribution in [1.82, 2.24) is 20.4 Å². The lowest BCUT2D eigenvalue weighted by molar-refractivity contribution is -0.146. The van der Waals surface area contributed by atoms with Crippen molar-refractivity contribution in [2.45, 2.75) is 73.6 Å². The van der Waals surface area contributed by atoms with Crippen molar-refractivity contribution in [3.8, 4) is 0 Å². The van der Waals surface area contributed by atoms with Gasteiger partial charge in [-0.3, -0.25) is 28.5 Å². The minimum Gasteiger partial charge on any atom is -0.463 e. The van der Waals surface area contributed by atoms with Crippen molar-refractivity contribution in [3.63, 3.8) is 0 Å². The van der Waals surface area contributed by atoms with E-state index in [1.165, 1.54) is 16.7 Å². The Balaban J connectivity index is 2.04. The summed E-state index contributed by atoms with van der Waals surface area (Å²) in [5.74, 6) is -3.14. The Hall–Kier alpha value is -4.06. The summed E-state index contributed by atoms with van der Waals surface area (Å²) in [6, 6.07) is 16.7. The highest BCUT2D eigenvalue weighted by Crippen LogP contribution is 2.48. The van der Waals surface area contributed by atoms with Gasteiger partial charge in [-0.15, -0.1) is 0 Å². The standard InChI is InChI=1S/C36H53N4O9P/c1-8-48-50(46,49-9-2)25-31(42)40(24-30-18-14-11-15-19-30)34(27(5)6)36(45)38-22-32(43)47-21-20-37-35(44)33(26(3)4)39(28(7)41)23-29-16-12-10-13-17-29/h10-19,26-27,33-34H,8-9,20-25H2,1-7H3,(H,37,44)(H,38,45). The first-order valence-electron chi connectivity index (χ1n) is 17.0. The molecule has 2 aromatic rings. The van der Waals surface area contributed by atoms with Gasteiger partial charge in [0.05, 0.1) is 19.8 Å². The lowest BCUT2D eigenvalue weighted by Gasteiger charge is -2.34. The highest BCUT2D eigenvalue weighted by Gasteiger charge is 2.37. The second-order valence-electron chi connectivity index (χ2n) is 12.4. The van der Waals surface area contributed by atoms with Gasteiger partial charge in [0.25, 0.3) is 0 Å². The van der Waals surface area contributed by atoms with Crippen molar-refractivity contribution in [1.29, 1.82) is 0 Å². The summed E-state index contributed by atoms with van der Waals surface area (Å²) in [7, 11) is -3.77. The predicted octanol–water partition coefficient (Wildman–Crippen LogP) is 4.15. The highest BCUT2D eigenvalue weighted by atomic mass is 31.2. The Kier molecular flexibility index (Phi) is 17.9. The molecule has 2 aromatic carbocycles. The van der Waals surface area contributed by atoms with Gasteiger partial charge in [0.1, 0.15) is 31.4 Å². The molecule has 0 radical (unpaired) electrons. The van der Waals surface area contributed by atoms with E-state index in [-0.39, 0.29) is 57.2 Å². The number of benzene rings is 2. The topological polar surface area (TPSA) is 161 Å². The fourth-order valence-electron chi connectivity index (χ4n) is 5.45. The van der Waals surface area contributed by atoms with Crippen LogP contribution < -0.4 is 10.6 Å². The third-order valence-corrected chi connectivity index (χ3v) is 9.60. The first kappa shape index (κ1) is 42.1. The second-order valence-corrected chi connectivity index (χ2v) is 14.4. The molecule has 0 spiro atoms. The molecule has 2 rings (SSSR count). The van der Waals surface area contributed by atoms with Crippen LogP contribution in [0.25, 0.3) is 0 Å². The number of nitrogens with zero attached hydrogens (tertiary/aromatic N) is 2. The number of carbonyl (C=O) groups excluding carboxylic acids is 5. The Labute approximate surface area is 295 Å². The van der Waals surface area contributed by atoms with Gasteiger partial charge in [0.15, 0.2) is 0 Å². The zero-order valence-electron chi connectivity index (χ0n) is 30.3. The number of esters is 1. The van der Waals surface area contributed by atoms with Crippen LogP contribution in [0.4, 0.5) is 0 Å². The lowest BCUT2D eigenvalue weighted by Crippen LogP contribution is -2.53. The maximum atomic E-state index is 13.7. The summed E-state index contributed by atoms with van der Waals surface area (Å²) in [6.07, 6.45) is -0.556. The molecule has 0 saturated carbocycles. The number of amides is 4. The number of carbonyl (C=O) groups is 5. The molecule has 13 nitrogen and oxygen atoms in total. The van der Waals surface area contributed by atoms with Crippen LogP contribution in [0.5, 0.6) is 0 Å². The molecule has 0 saturated heterocycles. The highest BCUT2D eigenvalue weighted by molar-refractivity contribution is 7.54. The fraction of sp³-hybridized carbons (Fsp3) is 0.528. The van der Waals surface area contributed by atoms with Crippen molar-refractivity contribution in [2.24, 2.45) is 11.8 Å². The van der Waals surface area contributed by atoms with Gasteiger partial charge in [0.2, 0.25) is 23.6 Å². The van der Waals surface area contributed by atoms with E-state index in [4.69, 9.17) is 13.8 Å². The Morgan fingerprint density at radius 1 is 0.720 bits per heavy atom. The van der Waals surface area contributed by atoms with E-state index in [1.54, 1.807) is 52.0 Å². The number of nitrogens with one attached hydrogen (secondary N) is 2. The molecule has 0 aliphatic heterocycles. The van der Waals surface area contributed by atoms with Crippen LogP contribution in [-0.4, -0.2) is 90.6 Å². The van der Waals surface area contributed by atoms with Crippen molar-refractivity contribution in [3.05, 3.63) is 71.8 Å². The first-order valence-corrected chi connectivity index (χ1v) is 18.7. The van der Waals surface area contributed by atoms with E-state index in [9.17, 15) is 28.5 Å². The van der Waals surface area contributed by atoms with Crippen LogP contribution in [0.1, 0.15) is 59.6 Å². The SMILES string of the molecule is CCOP(=O)(CC(=O)N(Cc1ccccc1)C(C(=O)NCC(=O)OCCNC(=O)C(C(C)C)N(Cc1ccccc1)C(C)=O)C(C)C)OCC. The fourth-order valence-corrected chi connectivity index (χ4v) is 7.01. The van der Waals surface area contributed by atoms with Crippen LogP contribution in [-0.2, 0) is 55.4 Å². The third-order valence-electron chi connectivity index (χ3n) is 7.64. The molecule has 2 atom stereocenters. The summed E-state index contributed by atoms with van der Waals surface area (Å²) in [5, 5.41) is 5.30. The third kappa shape index (κ3) is 13.7. The molecule has 14 heteroatoms. The van der Waals surface area contributed by atoms with Gasteiger partial charge in [-0.2, -0.15) is 0 Å². The molecule has 0 aliphatic carbocycles. The zero-order chi connectivity index (χ0) is 37.3. The summed E-state index contributed by atoms with van der Waals surface area (Å²) >= 11 is 0. The Bertz CT molecular complexity index is 1430. The van der Waals surface area contributed by atoms with Gasteiger partial charge >= 0.3 is 13.6 Å². The molecule has 2 N–H and O–H groups in total. The maximum Gasteiger partial charge on any atom is 0.340 e. The molecule has 50 heavy (non-hydrogen) atoms. The van der Waals surface area contributed by atoms with E-state index in [1.807, 2.05) is 50.2 Å². The average Bonchev–Trinajstić information content (AvgIpc) is 3.05. The smallest absolute Gasteiger partial charge is 0.340 e. The molecule has 2 unspecified atom stereocenters. The second kappa shape index (κ2) is 21.2. The molecular formula is C36H53N4O9P. The molecular weight excluding hydrogens is 663 g/mol. The van der Waals surface area contributed by atoms with E-state index < -0.39 is 56.1 Å². The van der Waals surface area contributed by atoms with Crippen molar-refractivity contribution in [2.75, 3.05) is 39.1 Å². The van der Waals surface area contributed by atoms with Gasteiger partial charge < -0.3 is 34.2 Å². The first-order chi connectivity index (χ1) is 23.7. The number of ether oxygens (including phenoxy) is 1. The molecule has 0 heterocycles. The van der Waals surface area contributed by atoms with Crippen LogP contribution in [0.15, 0.2) is 60.7 Å². The summed E-state index contributed by atoms with van der Waals surface area (Å²) in [5.41, 5.74) is 1.63. The number of hydrogen-bond donors (Lipinski definition) is 2. The van der Waals surface area contributed by atoms with E-state index in [2.05, 4.69) is 10.6 Å². The molecule has 0 aromatic heterocycles. The van der Waals surface area contributed by atoms with Gasteiger partial charge in [0, 0.05) is 20.0 Å². The van der Waals surface area contributed by atoms with Crippen LogP contribution in [0.3, 0.4) is 0 Å². The average molecular weight is 717 g/mol. The number of hydrogen-bond acceptors (Lipinski definition) is 9. The van der Waals surface area contributed by atoms with Crippen molar-refractivity contribution >= 4 is 37.2 Å². The molecule has 4 amide bonds. The van der Waals surface area contributed by atoms with Gasteiger partial charge in [-0.05, 0) is 36.8 Å². The monoisotopic (exact) mass is 716 g/mol. The quantitative estimate of drug-likeness (QED) is 0.110. The molecule has 276 valence electrons. The van der Waals surface area contributed by atoms with Crippen LogP contribution in [0, 0.1) is 11.8 Å². The lowest BCUT2D eigenvalue weighted by atomic mass is 10.0. The predicted molar refractivity (Wildman–Crippen MR) is 190 cm³/mol. The van der Waals surface area contributed by atoms with Crippen LogP contribution in [0.2, 0.25) is 0 Å². The van der Waals surface area contributed by atoms with Gasteiger partial charge in [-0.1, -0.05) is 88.4 Å². The van der Waals surface area contributed by atoms with Crippen molar-refractivity contribution < 1.29 is 42.3 Å². The van der Waals surface area contributed by atoms with Gasteiger partial charge in [-0.25, -0.2) is 0 Å². The minimum absolute atomic E-state index is 0.00743. The molecule has 0 fully saturated rings. The summed E-state index contributed by atoms with van der Waals surface area (Å²) < 4.78 is 29.2. The zero-order valence-corrected chi connectivity index (χ0v) is 31.2. The van der Waals surface area contributed by atoms with E-state index in [0.717, 1.165) is 11.1 Å². The van der Waals surface area contributed by atoms with E-state index in [0.29, 0.717) is 0 Å². The molecule has 0 bridgehead atoms. The normalized spacial score (nSPS) is 12.6. The van der Waals surface area contributed by atoms with Crippen LogP contribution >= 0.6 is 7.60 Å². The van der Waals surface area contributed by atoms with E-state index >= 15 is 0 Å². The number of rotatable bonds is 21. The maximum absolute atomic E-state index is 13.7. The summed E-state index contributed by atoms with van der Waals surface area (Å²) in [6.45, 7) is 11.7.